The number of hydrogen-bond donors (Lipinski definition) is 0. The summed E-state index contributed by atoms with van der Waals surface area (Å²) in [6, 6.07) is 0. The van der Waals surface area contributed by atoms with Gasteiger partial charge in [0, 0.05) is 17.3 Å². The molecule has 0 aromatic heterocycles. The van der Waals surface area contributed by atoms with Crippen LogP contribution in [-0.2, 0) is 17.3 Å². The van der Waals surface area contributed by atoms with Crippen molar-refractivity contribution < 1.29 is 0 Å². The Balaban J connectivity index is 3.38. The molecule has 0 amide bonds. The Morgan fingerprint density at radius 2 is 0.630 bits per heavy atom. The summed E-state index contributed by atoms with van der Waals surface area (Å²) in [7, 11) is -3.33. The summed E-state index contributed by atoms with van der Waals surface area (Å²) >= 11 is 6.68. The lowest BCUT2D eigenvalue weighted by Crippen LogP contribution is -2.18. The predicted octanol–water partition coefficient (Wildman–Crippen LogP) is 8.82. The molecule has 0 nitrogen and oxygen atoms in total. The Kier molecular flexibility index (Phi) is 9.44. The van der Waals surface area contributed by atoms with Crippen molar-refractivity contribution in [1.82, 2.24) is 0 Å². The van der Waals surface area contributed by atoms with E-state index in [9.17, 15) is 0 Å². The van der Waals surface area contributed by atoms with E-state index in [1.165, 1.54) is 17.3 Å². The highest BCUT2D eigenvalue weighted by molar-refractivity contribution is 8.28. The summed E-state index contributed by atoms with van der Waals surface area (Å²) in [4.78, 5) is 0. The van der Waals surface area contributed by atoms with Crippen LogP contribution >= 0.6 is 33.6 Å². The summed E-state index contributed by atoms with van der Waals surface area (Å²) in [5, 5.41) is 0. The van der Waals surface area contributed by atoms with Crippen LogP contribution in [-0.4, -0.2) is 21.7 Å². The zero-order valence-corrected chi connectivity index (χ0v) is 25.3. The SMILES string of the molecule is Cc1c(CS[Si](C)(C)C)c(C)c(CS[Si](C)(C)C)c(C)c1CS[Si](C)(C)C. The second-order valence-corrected chi connectivity index (χ2v) is 38.5. The van der Waals surface area contributed by atoms with Gasteiger partial charge in [0.25, 0.3) is 0 Å². The molecule has 1 aromatic rings. The third kappa shape index (κ3) is 9.08. The van der Waals surface area contributed by atoms with E-state index in [0.717, 1.165) is 0 Å². The molecule has 156 valence electrons. The fourth-order valence-corrected chi connectivity index (χ4v) is 11.1. The minimum absolute atomic E-state index is 1.11. The normalized spacial score (nSPS) is 13.3. The Hall–Kier alpha value is 0.921. The van der Waals surface area contributed by atoms with E-state index in [0.29, 0.717) is 0 Å². The first kappa shape index (κ1) is 26.0. The summed E-state index contributed by atoms with van der Waals surface area (Å²) in [6.07, 6.45) is 0. The van der Waals surface area contributed by atoms with Crippen LogP contribution in [0, 0.1) is 20.8 Å². The van der Waals surface area contributed by atoms with Crippen molar-refractivity contribution >= 4 is 55.3 Å². The predicted molar refractivity (Wildman–Crippen MR) is 145 cm³/mol. The van der Waals surface area contributed by atoms with Crippen molar-refractivity contribution in [2.75, 3.05) is 0 Å². The van der Waals surface area contributed by atoms with Crippen molar-refractivity contribution in [3.8, 4) is 0 Å². The Labute approximate surface area is 184 Å². The van der Waals surface area contributed by atoms with E-state index in [1.54, 1.807) is 33.4 Å². The number of benzene rings is 1. The number of rotatable bonds is 9. The molecule has 0 aliphatic carbocycles. The van der Waals surface area contributed by atoms with Crippen molar-refractivity contribution in [2.45, 2.75) is 97.0 Å². The van der Waals surface area contributed by atoms with Crippen LogP contribution < -0.4 is 0 Å². The fourth-order valence-electron chi connectivity index (χ4n) is 2.91. The third-order valence-electron chi connectivity index (χ3n) is 4.66. The van der Waals surface area contributed by atoms with Crippen LogP contribution in [0.3, 0.4) is 0 Å². The van der Waals surface area contributed by atoms with Gasteiger partial charge in [-0.3, -0.25) is 0 Å². The van der Waals surface area contributed by atoms with Gasteiger partial charge in [0.15, 0.2) is 0 Å². The quantitative estimate of drug-likeness (QED) is 0.328. The molecule has 0 atom stereocenters. The van der Waals surface area contributed by atoms with Gasteiger partial charge in [-0.25, -0.2) is 0 Å². The molecule has 0 bridgehead atoms. The maximum absolute atomic E-state index is 2.47. The molecule has 0 aliphatic rings. The van der Waals surface area contributed by atoms with Crippen LogP contribution in [0.25, 0.3) is 0 Å². The average molecular weight is 475 g/mol. The molecule has 0 aliphatic heterocycles. The summed E-state index contributed by atoms with van der Waals surface area (Å²) in [6.45, 7) is 29.4. The zero-order valence-electron chi connectivity index (χ0n) is 19.8. The second kappa shape index (κ2) is 9.82. The Morgan fingerprint density at radius 1 is 0.444 bits per heavy atom. The molecule has 6 heteroatoms. The summed E-state index contributed by atoms with van der Waals surface area (Å²) in [5.41, 5.74) is 9.69. The van der Waals surface area contributed by atoms with Gasteiger partial charge in [0.1, 0.15) is 21.7 Å². The highest BCUT2D eigenvalue weighted by Gasteiger charge is 2.23. The fraction of sp³-hybridized carbons (Fsp3) is 0.714. The van der Waals surface area contributed by atoms with Gasteiger partial charge in [-0.1, -0.05) is 58.9 Å². The smallest absolute Gasteiger partial charge is 0.108 e. The minimum atomic E-state index is -1.11. The van der Waals surface area contributed by atoms with Gasteiger partial charge in [-0.15, -0.1) is 0 Å². The molecule has 27 heavy (non-hydrogen) atoms. The van der Waals surface area contributed by atoms with Gasteiger partial charge in [0.05, 0.1) is 0 Å². The maximum Gasteiger partial charge on any atom is 0.108 e. The van der Waals surface area contributed by atoms with Gasteiger partial charge in [-0.05, 0) is 54.2 Å². The topological polar surface area (TPSA) is 0 Å². The van der Waals surface area contributed by atoms with E-state index < -0.39 is 21.7 Å². The molecular formula is C21H42S3Si3. The van der Waals surface area contributed by atoms with E-state index >= 15 is 0 Å². The van der Waals surface area contributed by atoms with E-state index in [1.807, 2.05) is 0 Å². The van der Waals surface area contributed by atoms with Gasteiger partial charge >= 0.3 is 0 Å². The van der Waals surface area contributed by atoms with Crippen molar-refractivity contribution in [3.05, 3.63) is 33.4 Å². The van der Waals surface area contributed by atoms with Crippen molar-refractivity contribution in [1.29, 1.82) is 0 Å². The molecule has 1 rings (SSSR count). The van der Waals surface area contributed by atoms with Crippen LogP contribution in [0.5, 0.6) is 0 Å². The van der Waals surface area contributed by atoms with E-state index in [2.05, 4.69) is 113 Å². The molecule has 0 saturated heterocycles. The molecule has 0 fully saturated rings. The first-order valence-electron chi connectivity index (χ1n) is 10.0. The Bertz CT molecular complexity index is 539. The summed E-state index contributed by atoms with van der Waals surface area (Å²) in [5.74, 6) is 3.59. The van der Waals surface area contributed by atoms with E-state index in [-0.39, 0.29) is 0 Å². The molecule has 0 N–H and O–H groups in total. The van der Waals surface area contributed by atoms with Gasteiger partial charge < -0.3 is 0 Å². The van der Waals surface area contributed by atoms with Crippen LogP contribution in [0.15, 0.2) is 0 Å². The van der Waals surface area contributed by atoms with Crippen LogP contribution in [0.1, 0.15) is 33.4 Å². The Morgan fingerprint density at radius 3 is 0.778 bits per heavy atom. The maximum atomic E-state index is 2.47. The van der Waals surface area contributed by atoms with Crippen molar-refractivity contribution in [3.63, 3.8) is 0 Å². The van der Waals surface area contributed by atoms with Gasteiger partial charge in [-0.2, -0.15) is 33.6 Å². The average Bonchev–Trinajstić information content (AvgIpc) is 2.43. The van der Waals surface area contributed by atoms with Gasteiger partial charge in [0.2, 0.25) is 0 Å². The largest absolute Gasteiger partial charge is 0.181 e. The third-order valence-corrected chi connectivity index (χ3v) is 17.7. The zero-order chi connectivity index (χ0) is 21.2. The second-order valence-electron chi connectivity index (χ2n) is 10.5. The van der Waals surface area contributed by atoms with Crippen LogP contribution in [0.2, 0.25) is 58.9 Å². The molecular weight excluding hydrogens is 433 g/mol. The lowest BCUT2D eigenvalue weighted by atomic mass is 9.90. The van der Waals surface area contributed by atoms with Crippen molar-refractivity contribution in [2.24, 2.45) is 0 Å². The lowest BCUT2D eigenvalue weighted by molar-refractivity contribution is 1.10. The number of hydrogen-bond acceptors (Lipinski definition) is 3. The molecule has 1 aromatic carbocycles. The summed E-state index contributed by atoms with van der Waals surface area (Å²) < 4.78 is 0. The monoisotopic (exact) mass is 474 g/mol. The first-order chi connectivity index (χ1) is 12.0. The standard InChI is InChI=1S/C21H42S3Si3/c1-16-19(13-22-25(4,5)6)17(2)21(15-24-27(10,11)12)18(3)20(16)14-23-26(7,8)9/h13-15H2,1-12H3. The molecule has 0 saturated carbocycles. The molecule has 0 heterocycles. The van der Waals surface area contributed by atoms with E-state index in [4.69, 9.17) is 0 Å². The lowest BCUT2D eigenvalue weighted by Gasteiger charge is -2.26. The highest BCUT2D eigenvalue weighted by atomic mass is 32.4. The molecule has 0 unspecified atom stereocenters. The highest BCUT2D eigenvalue weighted by Crippen LogP contribution is 2.38. The molecule has 0 spiro atoms. The minimum Gasteiger partial charge on any atom is -0.181 e. The first-order valence-corrected chi connectivity index (χ1v) is 25.7. The molecule has 0 radical (unpaired) electrons. The van der Waals surface area contributed by atoms with Crippen LogP contribution in [0.4, 0.5) is 0 Å².